The highest BCUT2D eigenvalue weighted by atomic mass is 16.5. The molecule has 0 radical (unpaired) electrons. The van der Waals surface area contributed by atoms with E-state index in [2.05, 4.69) is 5.10 Å². The summed E-state index contributed by atoms with van der Waals surface area (Å²) in [6, 6.07) is 8.30. The summed E-state index contributed by atoms with van der Waals surface area (Å²) < 4.78 is 7.03. The van der Waals surface area contributed by atoms with Crippen LogP contribution in [-0.4, -0.2) is 27.5 Å². The van der Waals surface area contributed by atoms with Crippen LogP contribution in [0.3, 0.4) is 0 Å². The van der Waals surface area contributed by atoms with E-state index in [0.717, 1.165) is 9.25 Å². The molecule has 8 nitrogen and oxygen atoms in total. The number of nitrogens with zero attached hydrogens (tertiary/aromatic N) is 5. The first-order valence-corrected chi connectivity index (χ1v) is 6.17. The van der Waals surface area contributed by atoms with E-state index in [9.17, 15) is 9.59 Å². The van der Waals surface area contributed by atoms with Crippen LogP contribution in [0.25, 0.3) is 0 Å². The van der Waals surface area contributed by atoms with Crippen LogP contribution in [0.2, 0.25) is 0 Å². The van der Waals surface area contributed by atoms with Gasteiger partial charge in [0, 0.05) is 5.69 Å². The molecule has 1 aromatic carbocycles. The minimum absolute atomic E-state index is 0.172. The lowest BCUT2D eigenvalue weighted by atomic mass is 10.3. The minimum atomic E-state index is -0.590. The van der Waals surface area contributed by atoms with Gasteiger partial charge in [0.1, 0.15) is 12.3 Å². The number of nitriles is 1. The largest absolute Gasteiger partial charge is 0.497 e. The summed E-state index contributed by atoms with van der Waals surface area (Å²) in [7, 11) is 1.56. The number of aromatic nitrogens is 3. The van der Waals surface area contributed by atoms with Gasteiger partial charge >= 0.3 is 11.7 Å². The molecule has 3 rings (SSSR count). The van der Waals surface area contributed by atoms with Crippen LogP contribution < -0.4 is 15.3 Å². The van der Waals surface area contributed by atoms with Crippen LogP contribution in [0.15, 0.2) is 29.1 Å². The van der Waals surface area contributed by atoms with Crippen LogP contribution in [-0.2, 0) is 13.1 Å². The highest BCUT2D eigenvalue weighted by molar-refractivity contribution is 5.96. The van der Waals surface area contributed by atoms with Crippen molar-refractivity contribution < 1.29 is 9.53 Å². The van der Waals surface area contributed by atoms with Gasteiger partial charge in [0.15, 0.2) is 5.82 Å². The molecule has 8 heteroatoms. The molecule has 21 heavy (non-hydrogen) atoms. The normalized spacial score (nSPS) is 13.1. The van der Waals surface area contributed by atoms with Gasteiger partial charge in [-0.15, -0.1) is 0 Å². The fraction of sp³-hybridized carbons (Fsp3) is 0.231. The van der Waals surface area contributed by atoms with Gasteiger partial charge < -0.3 is 4.74 Å². The second-order valence-electron chi connectivity index (χ2n) is 4.42. The van der Waals surface area contributed by atoms with Gasteiger partial charge in [0.05, 0.1) is 19.7 Å². The van der Waals surface area contributed by atoms with Gasteiger partial charge in [-0.2, -0.15) is 19.6 Å². The van der Waals surface area contributed by atoms with Crippen molar-refractivity contribution in [3.8, 4) is 11.8 Å². The summed E-state index contributed by atoms with van der Waals surface area (Å²) in [6.07, 6.45) is 0. The number of hydrogen-bond acceptors (Lipinski definition) is 5. The molecule has 2 aromatic rings. The summed E-state index contributed by atoms with van der Waals surface area (Å²) in [5.41, 5.74) is 0.0603. The summed E-state index contributed by atoms with van der Waals surface area (Å²) in [4.78, 5) is 25.7. The van der Waals surface area contributed by atoms with Gasteiger partial charge in [0.2, 0.25) is 0 Å². The molecule has 0 saturated heterocycles. The maximum atomic E-state index is 12.3. The predicted molar refractivity (Wildman–Crippen MR) is 72.1 cm³/mol. The topological polar surface area (TPSA) is 93.2 Å². The highest BCUT2D eigenvalue weighted by Gasteiger charge is 2.33. The molecule has 2 heterocycles. The van der Waals surface area contributed by atoms with E-state index < -0.39 is 11.7 Å². The molecule has 0 N–H and O–H groups in total. The van der Waals surface area contributed by atoms with E-state index in [0.29, 0.717) is 17.3 Å². The molecule has 1 aliphatic heterocycles. The van der Waals surface area contributed by atoms with Crippen LogP contribution >= 0.6 is 0 Å². The number of carbonyl (C=O) groups excluding carboxylic acids is 1. The Hall–Kier alpha value is -3.08. The minimum Gasteiger partial charge on any atom is -0.497 e. The molecule has 0 unspecified atom stereocenters. The molecule has 106 valence electrons. The Bertz CT molecular complexity index is 797. The predicted octanol–water partition coefficient (Wildman–Crippen LogP) is 0.565. The van der Waals surface area contributed by atoms with Crippen LogP contribution in [0.4, 0.5) is 10.5 Å². The first-order valence-electron chi connectivity index (χ1n) is 6.17. The van der Waals surface area contributed by atoms with Crippen molar-refractivity contribution in [1.82, 2.24) is 14.3 Å². The molecule has 0 aliphatic carbocycles. The zero-order chi connectivity index (χ0) is 15.0. The van der Waals surface area contributed by atoms with Crippen molar-refractivity contribution in [2.45, 2.75) is 13.1 Å². The quantitative estimate of drug-likeness (QED) is 0.821. The monoisotopic (exact) mass is 285 g/mol. The Balaban J connectivity index is 1.94. The fourth-order valence-electron chi connectivity index (χ4n) is 2.21. The maximum absolute atomic E-state index is 12.3. The smallest absolute Gasteiger partial charge is 0.355 e. The first-order chi connectivity index (χ1) is 10.2. The lowest BCUT2D eigenvalue weighted by Crippen LogP contribution is -2.34. The number of carbonyl (C=O) groups is 1. The zero-order valence-corrected chi connectivity index (χ0v) is 11.2. The standard InChI is InChI=1S/C13H11N5O3/c1-21-10-4-2-9(3-5-10)16-8-11-15-17(7-6-14)13(20)18(11)12(16)19/h2-5H,7-8H2,1H3. The Kier molecular flexibility index (Phi) is 2.95. The first kappa shape index (κ1) is 12.9. The van der Waals surface area contributed by atoms with Crippen molar-refractivity contribution in [3.63, 3.8) is 0 Å². The van der Waals surface area contributed by atoms with Gasteiger partial charge in [-0.05, 0) is 24.3 Å². The third-order valence-corrected chi connectivity index (χ3v) is 3.23. The van der Waals surface area contributed by atoms with Crippen LogP contribution in [0.5, 0.6) is 5.75 Å². The van der Waals surface area contributed by atoms with E-state index in [1.807, 2.05) is 6.07 Å². The number of methoxy groups -OCH3 is 1. The molecule has 1 aromatic heterocycles. The Morgan fingerprint density at radius 1 is 1.33 bits per heavy atom. The molecule has 1 aliphatic rings. The number of hydrogen-bond donors (Lipinski definition) is 0. The fourth-order valence-corrected chi connectivity index (χ4v) is 2.21. The number of fused-ring (bicyclic) bond motifs is 1. The number of rotatable bonds is 3. The lowest BCUT2D eigenvalue weighted by molar-refractivity contribution is 0.250. The van der Waals surface area contributed by atoms with E-state index in [4.69, 9.17) is 10.00 Å². The number of amides is 1. The van der Waals surface area contributed by atoms with Gasteiger partial charge in [-0.25, -0.2) is 9.59 Å². The molecule has 1 amide bonds. The maximum Gasteiger partial charge on any atom is 0.355 e. The van der Waals surface area contributed by atoms with Crippen molar-refractivity contribution >= 4 is 11.7 Å². The summed E-state index contributed by atoms with van der Waals surface area (Å²) in [5, 5.41) is 12.6. The third-order valence-electron chi connectivity index (χ3n) is 3.23. The highest BCUT2D eigenvalue weighted by Crippen LogP contribution is 2.24. The molecule has 0 spiro atoms. The molecular weight excluding hydrogens is 274 g/mol. The Morgan fingerprint density at radius 3 is 2.62 bits per heavy atom. The average molecular weight is 285 g/mol. The number of anilines is 1. The van der Waals surface area contributed by atoms with Crippen LogP contribution in [0.1, 0.15) is 5.82 Å². The van der Waals surface area contributed by atoms with Gasteiger partial charge in [0.25, 0.3) is 0 Å². The van der Waals surface area contributed by atoms with E-state index in [1.54, 1.807) is 31.4 Å². The van der Waals surface area contributed by atoms with Crippen LogP contribution in [0, 0.1) is 11.3 Å². The van der Waals surface area contributed by atoms with Crippen molar-refractivity contribution in [3.05, 3.63) is 40.6 Å². The van der Waals surface area contributed by atoms with E-state index in [1.165, 1.54) is 4.90 Å². The second kappa shape index (κ2) is 4.79. The summed E-state index contributed by atoms with van der Waals surface area (Å²) in [5.74, 6) is 1.01. The van der Waals surface area contributed by atoms with Crippen molar-refractivity contribution in [2.24, 2.45) is 0 Å². The SMILES string of the molecule is COc1ccc(N2Cc3nn(CC#N)c(=O)n3C2=O)cc1. The lowest BCUT2D eigenvalue weighted by Gasteiger charge is -2.15. The zero-order valence-electron chi connectivity index (χ0n) is 11.2. The summed E-state index contributed by atoms with van der Waals surface area (Å²) in [6.45, 7) is 0.0213. The number of ether oxygens (including phenoxy) is 1. The van der Waals surface area contributed by atoms with Gasteiger partial charge in [-0.1, -0.05) is 0 Å². The summed E-state index contributed by atoms with van der Waals surface area (Å²) >= 11 is 0. The second-order valence-corrected chi connectivity index (χ2v) is 4.42. The third kappa shape index (κ3) is 1.95. The van der Waals surface area contributed by atoms with E-state index >= 15 is 0 Å². The van der Waals surface area contributed by atoms with Crippen molar-refractivity contribution in [1.29, 1.82) is 5.26 Å². The van der Waals surface area contributed by atoms with Gasteiger partial charge in [-0.3, -0.25) is 4.90 Å². The van der Waals surface area contributed by atoms with E-state index in [-0.39, 0.29) is 13.1 Å². The molecule has 0 bridgehead atoms. The molecule has 0 saturated carbocycles. The molecular formula is C13H11N5O3. The Morgan fingerprint density at radius 2 is 2.05 bits per heavy atom. The molecule has 0 atom stereocenters. The average Bonchev–Trinajstić information content (AvgIpc) is 2.98. The number of benzene rings is 1. The van der Waals surface area contributed by atoms with Crippen molar-refractivity contribution in [2.75, 3.05) is 12.0 Å². The Labute approximate surface area is 119 Å². The molecule has 0 fully saturated rings.